The highest BCUT2D eigenvalue weighted by Gasteiger charge is 2.07. The van der Waals surface area contributed by atoms with Gasteiger partial charge in [-0.25, -0.2) is 9.97 Å². The molecule has 3 rings (SSSR count). The summed E-state index contributed by atoms with van der Waals surface area (Å²) < 4.78 is 0. The molecule has 7 heteroatoms. The van der Waals surface area contributed by atoms with Crippen LogP contribution in [0.2, 0.25) is 0 Å². The molecule has 0 aliphatic heterocycles. The molecule has 122 valence electrons. The fourth-order valence-electron chi connectivity index (χ4n) is 2.46. The van der Waals surface area contributed by atoms with E-state index in [9.17, 15) is 4.79 Å². The highest BCUT2D eigenvalue weighted by Crippen LogP contribution is 2.21. The molecule has 0 fully saturated rings. The van der Waals surface area contributed by atoms with Gasteiger partial charge >= 0.3 is 0 Å². The first-order valence-electron chi connectivity index (χ1n) is 7.59. The van der Waals surface area contributed by atoms with Gasteiger partial charge in [-0.15, -0.1) is 0 Å². The zero-order chi connectivity index (χ0) is 16.9. The van der Waals surface area contributed by atoms with Crippen LogP contribution in [-0.2, 0) is 6.42 Å². The second kappa shape index (κ2) is 6.91. The molecule has 1 amide bonds. The molecule has 3 aromatic rings. The number of nitrogen functional groups attached to an aromatic ring is 1. The molecule has 0 atom stereocenters. The number of nitrogens with two attached hydrogens (primary N) is 1. The van der Waals surface area contributed by atoms with E-state index in [0.29, 0.717) is 12.1 Å². The number of nitrogens with one attached hydrogen (secondary N) is 2. The number of aryl methyl sites for hydroxylation is 1. The topological polar surface area (TPSA) is 110 Å². The minimum Gasteiger partial charge on any atom is -0.368 e. The summed E-state index contributed by atoms with van der Waals surface area (Å²) in [4.78, 5) is 20.0. The fraction of sp³-hybridized carbons (Fsp3) is 0.176. The van der Waals surface area contributed by atoms with Gasteiger partial charge < -0.3 is 11.1 Å². The summed E-state index contributed by atoms with van der Waals surface area (Å²) in [5, 5.41) is 9.27. The standard InChI is InChI=1S/C17H18N6O/c1-11-8-13(15-5-7-20-17(18)23-15)3-2-12(11)4-6-19-16(24)14-9-21-22-10-14/h2-3,5,7-10H,4,6H2,1H3,(H,19,24)(H,21,22)(H2,18,20,23). The highest BCUT2D eigenvalue weighted by molar-refractivity contribution is 5.93. The molecule has 0 spiro atoms. The van der Waals surface area contributed by atoms with Crippen molar-refractivity contribution in [2.75, 3.05) is 12.3 Å². The number of H-pyrrole nitrogens is 1. The molecular weight excluding hydrogens is 304 g/mol. The third-order valence-electron chi connectivity index (χ3n) is 3.75. The second-order valence-corrected chi connectivity index (χ2v) is 5.43. The van der Waals surface area contributed by atoms with Crippen molar-refractivity contribution >= 4 is 11.9 Å². The van der Waals surface area contributed by atoms with E-state index in [1.165, 1.54) is 11.8 Å². The number of carbonyl (C=O) groups is 1. The quantitative estimate of drug-likeness (QED) is 0.662. The molecule has 0 saturated heterocycles. The van der Waals surface area contributed by atoms with E-state index in [4.69, 9.17) is 5.73 Å². The first-order chi connectivity index (χ1) is 11.6. The summed E-state index contributed by atoms with van der Waals surface area (Å²) in [6.07, 6.45) is 5.47. The summed E-state index contributed by atoms with van der Waals surface area (Å²) >= 11 is 0. The van der Waals surface area contributed by atoms with Crippen LogP contribution in [0.1, 0.15) is 21.5 Å². The predicted molar refractivity (Wildman–Crippen MR) is 91.2 cm³/mol. The molecule has 0 aliphatic rings. The average Bonchev–Trinajstić information content (AvgIpc) is 3.11. The largest absolute Gasteiger partial charge is 0.368 e. The van der Waals surface area contributed by atoms with Crippen molar-refractivity contribution in [1.29, 1.82) is 0 Å². The monoisotopic (exact) mass is 322 g/mol. The molecule has 0 aliphatic carbocycles. The van der Waals surface area contributed by atoms with Crippen molar-refractivity contribution in [3.8, 4) is 11.3 Å². The Morgan fingerprint density at radius 2 is 2.21 bits per heavy atom. The van der Waals surface area contributed by atoms with E-state index in [-0.39, 0.29) is 11.9 Å². The lowest BCUT2D eigenvalue weighted by Crippen LogP contribution is -2.25. The summed E-state index contributed by atoms with van der Waals surface area (Å²) in [6, 6.07) is 7.94. The Morgan fingerprint density at radius 1 is 1.33 bits per heavy atom. The number of rotatable bonds is 5. The Hall–Kier alpha value is -3.22. The maximum Gasteiger partial charge on any atom is 0.254 e. The zero-order valence-corrected chi connectivity index (χ0v) is 13.3. The average molecular weight is 322 g/mol. The fourth-order valence-corrected chi connectivity index (χ4v) is 2.46. The van der Waals surface area contributed by atoms with Gasteiger partial charge in [0.15, 0.2) is 0 Å². The summed E-state index contributed by atoms with van der Waals surface area (Å²) in [5.74, 6) is 0.130. The first kappa shape index (κ1) is 15.7. The van der Waals surface area contributed by atoms with E-state index in [1.807, 2.05) is 25.1 Å². The third-order valence-corrected chi connectivity index (χ3v) is 3.75. The van der Waals surface area contributed by atoms with Crippen LogP contribution in [0.25, 0.3) is 11.3 Å². The van der Waals surface area contributed by atoms with Crippen molar-refractivity contribution in [2.24, 2.45) is 0 Å². The van der Waals surface area contributed by atoms with Crippen molar-refractivity contribution in [1.82, 2.24) is 25.5 Å². The van der Waals surface area contributed by atoms with Crippen molar-refractivity contribution in [3.05, 3.63) is 59.5 Å². The predicted octanol–water partition coefficient (Wildman–Crippen LogP) is 1.73. The van der Waals surface area contributed by atoms with E-state index in [0.717, 1.165) is 23.2 Å². The van der Waals surface area contributed by atoms with Crippen molar-refractivity contribution in [3.63, 3.8) is 0 Å². The molecule has 0 radical (unpaired) electrons. The molecule has 7 nitrogen and oxygen atoms in total. The van der Waals surface area contributed by atoms with Crippen LogP contribution in [0.4, 0.5) is 5.95 Å². The molecule has 24 heavy (non-hydrogen) atoms. The highest BCUT2D eigenvalue weighted by atomic mass is 16.1. The number of hydrogen-bond donors (Lipinski definition) is 3. The lowest BCUT2D eigenvalue weighted by molar-refractivity contribution is 0.0954. The minimum atomic E-state index is -0.130. The van der Waals surface area contributed by atoms with Crippen LogP contribution in [-0.4, -0.2) is 32.6 Å². The molecule has 0 unspecified atom stereocenters. The van der Waals surface area contributed by atoms with Crippen LogP contribution in [0.15, 0.2) is 42.9 Å². The summed E-state index contributed by atoms with van der Waals surface area (Å²) in [7, 11) is 0. The number of hydrogen-bond acceptors (Lipinski definition) is 5. The van der Waals surface area contributed by atoms with Gasteiger partial charge in [-0.1, -0.05) is 12.1 Å². The van der Waals surface area contributed by atoms with E-state index in [1.54, 1.807) is 12.4 Å². The smallest absolute Gasteiger partial charge is 0.254 e. The van der Waals surface area contributed by atoms with E-state index < -0.39 is 0 Å². The van der Waals surface area contributed by atoms with Crippen LogP contribution >= 0.6 is 0 Å². The van der Waals surface area contributed by atoms with Crippen LogP contribution in [0.5, 0.6) is 0 Å². The van der Waals surface area contributed by atoms with Crippen LogP contribution < -0.4 is 11.1 Å². The minimum absolute atomic E-state index is 0.130. The zero-order valence-electron chi connectivity index (χ0n) is 13.3. The normalized spacial score (nSPS) is 10.5. The van der Waals surface area contributed by atoms with Gasteiger partial charge in [0.05, 0.1) is 17.5 Å². The maximum atomic E-state index is 11.9. The number of carbonyl (C=O) groups excluding carboxylic acids is 1. The molecule has 0 bridgehead atoms. The molecule has 2 aromatic heterocycles. The molecule has 2 heterocycles. The molecular formula is C17H18N6O. The lowest BCUT2D eigenvalue weighted by Gasteiger charge is -2.09. The van der Waals surface area contributed by atoms with Crippen molar-refractivity contribution in [2.45, 2.75) is 13.3 Å². The van der Waals surface area contributed by atoms with Gasteiger partial charge in [-0.2, -0.15) is 5.10 Å². The number of aromatic amines is 1. The Balaban J connectivity index is 1.64. The molecule has 4 N–H and O–H groups in total. The van der Waals surface area contributed by atoms with Gasteiger partial charge in [-0.3, -0.25) is 9.89 Å². The molecule has 1 aromatic carbocycles. The van der Waals surface area contributed by atoms with Crippen LogP contribution in [0, 0.1) is 6.92 Å². The van der Waals surface area contributed by atoms with Crippen molar-refractivity contribution < 1.29 is 4.79 Å². The maximum absolute atomic E-state index is 11.9. The summed E-state index contributed by atoms with van der Waals surface area (Å²) in [5.41, 5.74) is 10.3. The lowest BCUT2D eigenvalue weighted by atomic mass is 10.0. The molecule has 0 saturated carbocycles. The number of nitrogens with zero attached hydrogens (tertiary/aromatic N) is 3. The third kappa shape index (κ3) is 3.57. The first-order valence-corrected chi connectivity index (χ1v) is 7.59. The van der Waals surface area contributed by atoms with Gasteiger partial charge in [0.25, 0.3) is 5.91 Å². The van der Waals surface area contributed by atoms with Gasteiger partial charge in [0, 0.05) is 24.5 Å². The van der Waals surface area contributed by atoms with E-state index >= 15 is 0 Å². The summed E-state index contributed by atoms with van der Waals surface area (Å²) in [6.45, 7) is 2.60. The van der Waals surface area contributed by atoms with E-state index in [2.05, 4.69) is 31.5 Å². The Bertz CT molecular complexity index is 844. The Kier molecular flexibility index (Phi) is 4.51. The van der Waals surface area contributed by atoms with Gasteiger partial charge in [-0.05, 0) is 36.6 Å². The number of amides is 1. The van der Waals surface area contributed by atoms with Gasteiger partial charge in [0.2, 0.25) is 5.95 Å². The SMILES string of the molecule is Cc1cc(-c2ccnc(N)n2)ccc1CCNC(=O)c1cn[nH]c1. The Labute approximate surface area is 139 Å². The van der Waals surface area contributed by atoms with Crippen LogP contribution in [0.3, 0.4) is 0 Å². The second-order valence-electron chi connectivity index (χ2n) is 5.43. The number of benzene rings is 1. The van der Waals surface area contributed by atoms with Gasteiger partial charge in [0.1, 0.15) is 0 Å². The number of anilines is 1. The number of aromatic nitrogens is 4. The Morgan fingerprint density at radius 3 is 2.92 bits per heavy atom.